The summed E-state index contributed by atoms with van der Waals surface area (Å²) >= 11 is 1.83. The number of nitrogens with one attached hydrogen (secondary N) is 1. The summed E-state index contributed by atoms with van der Waals surface area (Å²) in [6, 6.07) is 0. The Kier molecular flexibility index (Phi) is 5.88. The van der Waals surface area contributed by atoms with Gasteiger partial charge >= 0.3 is 0 Å². The van der Waals surface area contributed by atoms with Gasteiger partial charge in [0.1, 0.15) is 0 Å². The van der Waals surface area contributed by atoms with Gasteiger partial charge in [-0.2, -0.15) is 11.8 Å². The third-order valence-electron chi connectivity index (χ3n) is 2.49. The molecular weight excluding hydrogens is 244 g/mol. The van der Waals surface area contributed by atoms with E-state index in [9.17, 15) is 0 Å². The zero-order chi connectivity index (χ0) is 13.6. The summed E-state index contributed by atoms with van der Waals surface area (Å²) < 4.78 is 0. The van der Waals surface area contributed by atoms with Gasteiger partial charge in [0, 0.05) is 49.4 Å². The van der Waals surface area contributed by atoms with Gasteiger partial charge in [-0.1, -0.05) is 0 Å². The predicted octanol–water partition coefficient (Wildman–Crippen LogP) is 2.16. The van der Waals surface area contributed by atoms with Gasteiger partial charge in [0.2, 0.25) is 5.95 Å². The average molecular weight is 268 g/mol. The van der Waals surface area contributed by atoms with E-state index in [0.29, 0.717) is 0 Å². The molecule has 0 bridgehead atoms. The number of rotatable bonds is 6. The molecule has 0 aromatic carbocycles. The van der Waals surface area contributed by atoms with Gasteiger partial charge in [-0.05, 0) is 27.0 Å². The third kappa shape index (κ3) is 5.69. The second-order valence-electron chi connectivity index (χ2n) is 5.41. The minimum atomic E-state index is 0.119. The van der Waals surface area contributed by atoms with E-state index in [2.05, 4.69) is 47.2 Å². The van der Waals surface area contributed by atoms with Gasteiger partial charge in [0.25, 0.3) is 0 Å². The number of aromatic nitrogens is 2. The van der Waals surface area contributed by atoms with Crippen LogP contribution in [-0.4, -0.2) is 41.1 Å². The fraction of sp³-hybridized carbons (Fsp3) is 0.692. The lowest BCUT2D eigenvalue weighted by Crippen LogP contribution is -2.35. The lowest BCUT2D eigenvalue weighted by molar-refractivity contribution is 0.423. The molecule has 0 fully saturated rings. The summed E-state index contributed by atoms with van der Waals surface area (Å²) in [6.45, 7) is 8.23. The lowest BCUT2D eigenvalue weighted by Gasteiger charge is -2.20. The molecule has 0 radical (unpaired) electrons. The van der Waals surface area contributed by atoms with E-state index in [1.165, 1.54) is 0 Å². The Labute approximate surface area is 115 Å². The molecule has 1 aromatic rings. The van der Waals surface area contributed by atoms with Crippen molar-refractivity contribution in [2.75, 3.05) is 30.5 Å². The summed E-state index contributed by atoms with van der Waals surface area (Å²) in [5.74, 6) is 1.89. The molecule has 0 aliphatic carbocycles. The van der Waals surface area contributed by atoms with E-state index in [1.807, 2.05) is 31.2 Å². The third-order valence-corrected chi connectivity index (χ3v) is 3.08. The minimum Gasteiger partial charge on any atom is -0.343 e. The van der Waals surface area contributed by atoms with Gasteiger partial charge in [0.05, 0.1) is 0 Å². The van der Waals surface area contributed by atoms with Crippen LogP contribution >= 0.6 is 11.8 Å². The fourth-order valence-corrected chi connectivity index (χ4v) is 1.79. The van der Waals surface area contributed by atoms with E-state index in [1.54, 1.807) is 0 Å². The highest BCUT2D eigenvalue weighted by atomic mass is 32.2. The molecule has 0 saturated carbocycles. The van der Waals surface area contributed by atoms with Crippen molar-refractivity contribution < 1.29 is 0 Å². The van der Waals surface area contributed by atoms with Crippen molar-refractivity contribution in [3.8, 4) is 0 Å². The van der Waals surface area contributed by atoms with Crippen molar-refractivity contribution in [1.82, 2.24) is 15.3 Å². The van der Waals surface area contributed by atoms with E-state index < -0.39 is 0 Å². The smallest absolute Gasteiger partial charge is 0.225 e. The molecule has 1 heterocycles. The quantitative estimate of drug-likeness (QED) is 0.856. The maximum Gasteiger partial charge on any atom is 0.225 e. The molecule has 1 aromatic heterocycles. The van der Waals surface area contributed by atoms with Crippen molar-refractivity contribution in [1.29, 1.82) is 0 Å². The van der Waals surface area contributed by atoms with Crippen molar-refractivity contribution >= 4 is 17.7 Å². The summed E-state index contributed by atoms with van der Waals surface area (Å²) in [5.41, 5.74) is 1.24. The Morgan fingerprint density at radius 3 is 2.39 bits per heavy atom. The van der Waals surface area contributed by atoms with Crippen molar-refractivity contribution in [3.05, 3.63) is 18.0 Å². The number of nitrogens with zero attached hydrogens (tertiary/aromatic N) is 3. The molecular formula is C13H24N4S. The predicted molar refractivity (Wildman–Crippen MR) is 80.3 cm³/mol. The number of hydrogen-bond donors (Lipinski definition) is 1. The normalized spacial score (nSPS) is 11.6. The van der Waals surface area contributed by atoms with Crippen LogP contribution in [0.3, 0.4) is 0 Å². The molecule has 102 valence electrons. The van der Waals surface area contributed by atoms with E-state index in [0.717, 1.165) is 30.4 Å². The molecule has 0 amide bonds. The summed E-state index contributed by atoms with van der Waals surface area (Å²) in [7, 11) is 2.03. The van der Waals surface area contributed by atoms with Gasteiger partial charge in [0.15, 0.2) is 0 Å². The van der Waals surface area contributed by atoms with Crippen LogP contribution in [0.5, 0.6) is 0 Å². The first-order chi connectivity index (χ1) is 8.42. The molecule has 0 aliphatic heterocycles. The first-order valence-corrected chi connectivity index (χ1v) is 7.58. The zero-order valence-corrected chi connectivity index (χ0v) is 12.8. The van der Waals surface area contributed by atoms with Crippen LogP contribution in [0.1, 0.15) is 26.3 Å². The van der Waals surface area contributed by atoms with Gasteiger partial charge < -0.3 is 10.2 Å². The molecule has 0 spiro atoms. The molecule has 4 nitrogen and oxygen atoms in total. The molecule has 0 atom stereocenters. The Morgan fingerprint density at radius 2 is 1.89 bits per heavy atom. The lowest BCUT2D eigenvalue weighted by atomic mass is 10.1. The van der Waals surface area contributed by atoms with E-state index in [-0.39, 0.29) is 5.54 Å². The Balaban J connectivity index is 2.52. The van der Waals surface area contributed by atoms with E-state index in [4.69, 9.17) is 0 Å². The van der Waals surface area contributed by atoms with Crippen molar-refractivity contribution in [2.24, 2.45) is 0 Å². The highest BCUT2D eigenvalue weighted by Crippen LogP contribution is 2.07. The summed E-state index contributed by atoms with van der Waals surface area (Å²) in [5, 5.41) is 3.42. The maximum atomic E-state index is 4.40. The highest BCUT2D eigenvalue weighted by Gasteiger charge is 2.09. The van der Waals surface area contributed by atoms with Gasteiger partial charge in [-0.15, -0.1) is 0 Å². The standard InChI is InChI=1S/C13H24N4S/c1-13(2,3)16-10-11-8-14-12(15-9-11)17(4)6-7-18-5/h8-9,16H,6-7,10H2,1-5H3. The van der Waals surface area contributed by atoms with Crippen LogP contribution in [-0.2, 0) is 6.54 Å². The Hall–Kier alpha value is -0.810. The molecule has 18 heavy (non-hydrogen) atoms. The maximum absolute atomic E-state index is 4.40. The van der Waals surface area contributed by atoms with Crippen LogP contribution in [0.4, 0.5) is 5.95 Å². The largest absolute Gasteiger partial charge is 0.343 e. The first kappa shape index (κ1) is 15.2. The zero-order valence-electron chi connectivity index (χ0n) is 12.0. The Bertz CT molecular complexity index is 345. The SMILES string of the molecule is CSCCN(C)c1ncc(CNC(C)(C)C)cn1. The number of thioether (sulfide) groups is 1. The summed E-state index contributed by atoms with van der Waals surface area (Å²) in [4.78, 5) is 10.9. The monoisotopic (exact) mass is 268 g/mol. The molecule has 5 heteroatoms. The topological polar surface area (TPSA) is 41.1 Å². The molecule has 0 aliphatic rings. The van der Waals surface area contributed by atoms with Crippen molar-refractivity contribution in [2.45, 2.75) is 32.9 Å². The minimum absolute atomic E-state index is 0.119. The fourth-order valence-electron chi connectivity index (χ4n) is 1.33. The van der Waals surface area contributed by atoms with Crippen molar-refractivity contribution in [3.63, 3.8) is 0 Å². The molecule has 0 saturated heterocycles. The van der Waals surface area contributed by atoms with Crippen LogP contribution < -0.4 is 10.2 Å². The molecule has 1 rings (SSSR count). The van der Waals surface area contributed by atoms with Crippen LogP contribution in [0.25, 0.3) is 0 Å². The second kappa shape index (κ2) is 6.95. The number of hydrogen-bond acceptors (Lipinski definition) is 5. The van der Waals surface area contributed by atoms with Gasteiger partial charge in [-0.25, -0.2) is 9.97 Å². The Morgan fingerprint density at radius 1 is 1.28 bits per heavy atom. The highest BCUT2D eigenvalue weighted by molar-refractivity contribution is 7.98. The molecule has 1 N–H and O–H groups in total. The van der Waals surface area contributed by atoms with Gasteiger partial charge in [-0.3, -0.25) is 0 Å². The van der Waals surface area contributed by atoms with Crippen LogP contribution in [0.15, 0.2) is 12.4 Å². The average Bonchev–Trinajstić information content (AvgIpc) is 2.33. The van der Waals surface area contributed by atoms with Crippen LogP contribution in [0.2, 0.25) is 0 Å². The second-order valence-corrected chi connectivity index (χ2v) is 6.39. The molecule has 0 unspecified atom stereocenters. The van der Waals surface area contributed by atoms with Crippen LogP contribution in [0, 0.1) is 0 Å². The summed E-state index contributed by atoms with van der Waals surface area (Å²) in [6.07, 6.45) is 5.91. The van der Waals surface area contributed by atoms with E-state index >= 15 is 0 Å². The number of anilines is 1. The first-order valence-electron chi connectivity index (χ1n) is 6.18.